The van der Waals surface area contributed by atoms with Crippen molar-refractivity contribution in [1.82, 2.24) is 39.3 Å². The van der Waals surface area contributed by atoms with E-state index < -0.39 is 11.2 Å². The molecule has 0 aliphatic heterocycles. The number of nitrogens with one attached hydrogen (secondary N) is 1. The van der Waals surface area contributed by atoms with Gasteiger partial charge in [-0.2, -0.15) is 4.68 Å². The molecule has 4 aromatic rings. The molecule has 0 saturated carbocycles. The van der Waals surface area contributed by atoms with E-state index >= 15 is 0 Å². The maximum absolute atomic E-state index is 12.4. The van der Waals surface area contributed by atoms with E-state index in [-0.39, 0.29) is 0 Å². The van der Waals surface area contributed by atoms with E-state index in [1.807, 2.05) is 32.0 Å². The van der Waals surface area contributed by atoms with E-state index in [0.717, 1.165) is 29.7 Å². The highest BCUT2D eigenvalue weighted by atomic mass is 32.2. The molecule has 0 bridgehead atoms. The zero-order valence-electron chi connectivity index (χ0n) is 17.9. The second-order valence-electron chi connectivity index (χ2n) is 7.43. The molecule has 162 valence electrons. The molecular formula is C20H24N8O2S. The summed E-state index contributed by atoms with van der Waals surface area (Å²) in [5.41, 5.74) is 3.04. The third-order valence-corrected chi connectivity index (χ3v) is 6.18. The van der Waals surface area contributed by atoms with Crippen molar-refractivity contribution in [2.45, 2.75) is 51.1 Å². The Labute approximate surface area is 182 Å². The van der Waals surface area contributed by atoms with Gasteiger partial charge in [-0.1, -0.05) is 43.3 Å². The highest BCUT2D eigenvalue weighted by molar-refractivity contribution is 7.98. The fourth-order valence-electron chi connectivity index (χ4n) is 3.62. The number of fused-ring (bicyclic) bond motifs is 1. The largest absolute Gasteiger partial charge is 0.330 e. The van der Waals surface area contributed by atoms with Gasteiger partial charge in [-0.25, -0.2) is 9.78 Å². The number of nitrogens with zero attached hydrogens (tertiary/aromatic N) is 7. The fourth-order valence-corrected chi connectivity index (χ4v) is 4.48. The van der Waals surface area contributed by atoms with Gasteiger partial charge < -0.3 is 4.57 Å². The molecule has 3 aromatic heterocycles. The van der Waals surface area contributed by atoms with Crippen LogP contribution in [0.1, 0.15) is 36.7 Å². The van der Waals surface area contributed by atoms with Crippen LogP contribution in [0.4, 0.5) is 0 Å². The van der Waals surface area contributed by atoms with Gasteiger partial charge in [-0.15, -0.1) is 5.10 Å². The Hall–Kier alpha value is -3.21. The predicted molar refractivity (Wildman–Crippen MR) is 119 cm³/mol. The number of hydrogen-bond donors (Lipinski definition) is 1. The number of aromatic amines is 1. The summed E-state index contributed by atoms with van der Waals surface area (Å²) in [5.74, 6) is 1.11. The van der Waals surface area contributed by atoms with Gasteiger partial charge in [0, 0.05) is 13.6 Å². The summed E-state index contributed by atoms with van der Waals surface area (Å²) in [6, 6.07) is 6.04. The van der Waals surface area contributed by atoms with E-state index in [4.69, 9.17) is 0 Å². The van der Waals surface area contributed by atoms with Gasteiger partial charge in [-0.3, -0.25) is 14.3 Å². The zero-order chi connectivity index (χ0) is 22.1. The van der Waals surface area contributed by atoms with Gasteiger partial charge in [0.15, 0.2) is 11.2 Å². The van der Waals surface area contributed by atoms with Crippen LogP contribution in [0.2, 0.25) is 0 Å². The lowest BCUT2D eigenvalue weighted by atomic mass is 10.1. The number of aryl methyl sites for hydroxylation is 4. The van der Waals surface area contributed by atoms with Gasteiger partial charge in [0.1, 0.15) is 5.82 Å². The number of aromatic nitrogens is 8. The molecule has 1 aromatic carbocycles. The van der Waals surface area contributed by atoms with Crippen molar-refractivity contribution in [2.24, 2.45) is 7.05 Å². The number of rotatable bonds is 7. The Morgan fingerprint density at radius 3 is 2.61 bits per heavy atom. The normalized spacial score (nSPS) is 11.5. The van der Waals surface area contributed by atoms with Crippen molar-refractivity contribution >= 4 is 22.9 Å². The number of hydrogen-bond acceptors (Lipinski definition) is 7. The molecule has 0 spiro atoms. The number of unbranched alkanes of at least 4 members (excludes halogenated alkanes) is 1. The first-order valence-electron chi connectivity index (χ1n) is 10.1. The summed E-state index contributed by atoms with van der Waals surface area (Å²) in [5, 5.41) is 12.8. The second-order valence-corrected chi connectivity index (χ2v) is 8.37. The van der Waals surface area contributed by atoms with E-state index in [1.165, 1.54) is 16.3 Å². The van der Waals surface area contributed by atoms with E-state index in [2.05, 4.69) is 32.4 Å². The maximum Gasteiger partial charge on any atom is 0.330 e. The standard InChI is InChI=1S/C20H24N8O2S/c1-5-6-10-27-17-16(18(29)22-19(27)30)26(4)14(21-17)11-31-20-23-24-25-28(20)15-12(2)8-7-9-13(15)3/h7-9H,5-6,10-11H2,1-4H3,(H,22,29,30). The molecule has 31 heavy (non-hydrogen) atoms. The first kappa shape index (κ1) is 21.0. The van der Waals surface area contributed by atoms with Gasteiger partial charge in [-0.05, 0) is 41.8 Å². The Balaban J connectivity index is 1.70. The monoisotopic (exact) mass is 440 g/mol. The molecule has 0 saturated heterocycles. The molecule has 0 aliphatic carbocycles. The highest BCUT2D eigenvalue weighted by Gasteiger charge is 2.18. The lowest BCUT2D eigenvalue weighted by molar-refractivity contribution is 0.613. The molecule has 4 rings (SSSR count). The number of tetrazole rings is 1. The average Bonchev–Trinajstić information content (AvgIpc) is 3.31. The van der Waals surface area contributed by atoms with Crippen LogP contribution in [0.5, 0.6) is 0 Å². The van der Waals surface area contributed by atoms with Gasteiger partial charge in [0.25, 0.3) is 5.56 Å². The zero-order valence-corrected chi connectivity index (χ0v) is 18.7. The van der Waals surface area contributed by atoms with Crippen LogP contribution >= 0.6 is 11.8 Å². The summed E-state index contributed by atoms with van der Waals surface area (Å²) in [4.78, 5) is 31.8. The van der Waals surface area contributed by atoms with Gasteiger partial charge in [0.05, 0.1) is 11.4 Å². The molecule has 11 heteroatoms. The van der Waals surface area contributed by atoms with Crippen LogP contribution in [-0.2, 0) is 19.3 Å². The van der Waals surface area contributed by atoms with Crippen LogP contribution in [0.25, 0.3) is 16.9 Å². The molecule has 0 radical (unpaired) electrons. The quantitative estimate of drug-likeness (QED) is 0.438. The number of thioether (sulfide) groups is 1. The van der Waals surface area contributed by atoms with Crippen molar-refractivity contribution in [2.75, 3.05) is 0 Å². The third-order valence-electron chi connectivity index (χ3n) is 5.26. The molecule has 0 unspecified atom stereocenters. The Morgan fingerprint density at radius 1 is 1.16 bits per heavy atom. The molecule has 1 N–H and O–H groups in total. The van der Waals surface area contributed by atoms with Crippen molar-refractivity contribution in [3.05, 3.63) is 56.0 Å². The first-order valence-corrected chi connectivity index (χ1v) is 11.1. The first-order chi connectivity index (χ1) is 14.9. The number of H-pyrrole nitrogens is 1. The summed E-state index contributed by atoms with van der Waals surface area (Å²) in [6.45, 7) is 6.60. The molecule has 0 fully saturated rings. The number of imidazole rings is 1. The lowest BCUT2D eigenvalue weighted by Crippen LogP contribution is -2.31. The molecule has 0 amide bonds. The summed E-state index contributed by atoms with van der Waals surface area (Å²) in [7, 11) is 1.78. The number of benzene rings is 1. The van der Waals surface area contributed by atoms with Gasteiger partial charge in [0.2, 0.25) is 5.16 Å². The Bertz CT molecular complexity index is 1340. The minimum atomic E-state index is -0.431. The maximum atomic E-state index is 12.4. The molecule has 3 heterocycles. The Morgan fingerprint density at radius 2 is 1.90 bits per heavy atom. The van der Waals surface area contributed by atoms with E-state index in [0.29, 0.717) is 34.4 Å². The second kappa shape index (κ2) is 8.50. The van der Waals surface area contributed by atoms with Crippen molar-refractivity contribution in [3.8, 4) is 5.69 Å². The van der Waals surface area contributed by atoms with E-state index in [1.54, 1.807) is 16.3 Å². The van der Waals surface area contributed by atoms with Crippen LogP contribution < -0.4 is 11.2 Å². The third kappa shape index (κ3) is 3.80. The van der Waals surface area contributed by atoms with Crippen LogP contribution in [0.3, 0.4) is 0 Å². The van der Waals surface area contributed by atoms with Crippen LogP contribution in [-0.4, -0.2) is 39.3 Å². The van der Waals surface area contributed by atoms with Crippen LogP contribution in [0.15, 0.2) is 32.9 Å². The SMILES string of the molecule is CCCCn1c(=O)[nH]c(=O)c2c1nc(CSc1nnnn1-c1c(C)cccc1C)n2C. The molecule has 0 aliphatic rings. The summed E-state index contributed by atoms with van der Waals surface area (Å²) in [6.07, 6.45) is 1.76. The lowest BCUT2D eigenvalue weighted by Gasteiger charge is -2.10. The Kier molecular flexibility index (Phi) is 5.77. The molecular weight excluding hydrogens is 416 g/mol. The predicted octanol–water partition coefficient (Wildman–Crippen LogP) is 2.11. The topological polar surface area (TPSA) is 116 Å². The summed E-state index contributed by atoms with van der Waals surface area (Å²) >= 11 is 1.43. The minimum Gasteiger partial charge on any atom is -0.325 e. The summed E-state index contributed by atoms with van der Waals surface area (Å²) < 4.78 is 4.99. The smallest absolute Gasteiger partial charge is 0.325 e. The fraction of sp³-hybridized carbons (Fsp3) is 0.400. The van der Waals surface area contributed by atoms with Crippen molar-refractivity contribution < 1.29 is 0 Å². The minimum absolute atomic E-state index is 0.389. The van der Waals surface area contributed by atoms with Crippen LogP contribution in [0, 0.1) is 13.8 Å². The van der Waals surface area contributed by atoms with Gasteiger partial charge >= 0.3 is 5.69 Å². The highest BCUT2D eigenvalue weighted by Crippen LogP contribution is 2.26. The van der Waals surface area contributed by atoms with E-state index in [9.17, 15) is 9.59 Å². The molecule has 0 atom stereocenters. The molecule has 10 nitrogen and oxygen atoms in total. The number of para-hydroxylation sites is 1. The van der Waals surface area contributed by atoms with Crippen molar-refractivity contribution in [3.63, 3.8) is 0 Å². The van der Waals surface area contributed by atoms with Crippen molar-refractivity contribution in [1.29, 1.82) is 0 Å². The average molecular weight is 441 g/mol.